The zero-order valence-corrected chi connectivity index (χ0v) is 16.2. The SMILES string of the molecule is O=C(NCCCCCO)c1cc(I)cc(I)c1I. The van der Waals surface area contributed by atoms with Crippen molar-refractivity contribution in [3.63, 3.8) is 0 Å². The number of rotatable bonds is 6. The lowest BCUT2D eigenvalue weighted by atomic mass is 10.2. The van der Waals surface area contributed by atoms with E-state index < -0.39 is 0 Å². The molecule has 1 aromatic rings. The minimum Gasteiger partial charge on any atom is -0.396 e. The van der Waals surface area contributed by atoms with Gasteiger partial charge in [0.1, 0.15) is 0 Å². The van der Waals surface area contributed by atoms with E-state index in [2.05, 4.69) is 79.2 Å². The van der Waals surface area contributed by atoms with Crippen LogP contribution in [0.5, 0.6) is 0 Å². The van der Waals surface area contributed by atoms with Gasteiger partial charge in [0.15, 0.2) is 0 Å². The van der Waals surface area contributed by atoms with Gasteiger partial charge in [-0.2, -0.15) is 0 Å². The molecule has 1 rings (SSSR count). The Balaban J connectivity index is 2.56. The summed E-state index contributed by atoms with van der Waals surface area (Å²) in [5.74, 6) is -0.0140. The highest BCUT2D eigenvalue weighted by atomic mass is 127. The predicted octanol–water partition coefficient (Wildman–Crippen LogP) is 3.39. The van der Waals surface area contributed by atoms with Crippen molar-refractivity contribution in [3.05, 3.63) is 28.4 Å². The monoisotopic (exact) mass is 585 g/mol. The lowest BCUT2D eigenvalue weighted by Gasteiger charge is -2.08. The van der Waals surface area contributed by atoms with Crippen LogP contribution in [0.2, 0.25) is 0 Å². The van der Waals surface area contributed by atoms with E-state index in [0.717, 1.165) is 35.5 Å². The summed E-state index contributed by atoms with van der Waals surface area (Å²) in [4.78, 5) is 12.0. The fourth-order valence-electron chi connectivity index (χ4n) is 1.43. The van der Waals surface area contributed by atoms with E-state index in [1.807, 2.05) is 6.07 Å². The molecule has 0 bridgehead atoms. The van der Waals surface area contributed by atoms with Crippen LogP contribution in [0.1, 0.15) is 29.6 Å². The van der Waals surface area contributed by atoms with Crippen LogP contribution in [0.15, 0.2) is 12.1 Å². The molecule has 0 unspecified atom stereocenters. The van der Waals surface area contributed by atoms with E-state index in [9.17, 15) is 4.79 Å². The maximum absolute atomic E-state index is 12.0. The van der Waals surface area contributed by atoms with E-state index in [1.165, 1.54) is 0 Å². The molecule has 0 aliphatic rings. The van der Waals surface area contributed by atoms with Gasteiger partial charge in [0.05, 0.1) is 5.56 Å². The third-order valence-corrected chi connectivity index (χ3v) is 6.03. The van der Waals surface area contributed by atoms with Crippen LogP contribution in [0.25, 0.3) is 0 Å². The molecule has 6 heteroatoms. The van der Waals surface area contributed by atoms with E-state index >= 15 is 0 Å². The molecule has 0 aromatic heterocycles. The fourth-order valence-corrected chi connectivity index (χ4v) is 3.83. The Morgan fingerprint density at radius 1 is 1.17 bits per heavy atom. The average Bonchev–Trinajstić information content (AvgIpc) is 2.33. The Morgan fingerprint density at radius 3 is 2.56 bits per heavy atom. The number of carbonyl (C=O) groups excluding carboxylic acids is 1. The van der Waals surface area contributed by atoms with Crippen LogP contribution in [0.3, 0.4) is 0 Å². The van der Waals surface area contributed by atoms with Crippen molar-refractivity contribution in [2.24, 2.45) is 0 Å². The third-order valence-electron chi connectivity index (χ3n) is 2.36. The molecule has 0 heterocycles. The van der Waals surface area contributed by atoms with Crippen LogP contribution in [0.4, 0.5) is 0 Å². The molecule has 2 N–H and O–H groups in total. The predicted molar refractivity (Wildman–Crippen MR) is 97.9 cm³/mol. The van der Waals surface area contributed by atoms with Crippen molar-refractivity contribution in [2.45, 2.75) is 19.3 Å². The van der Waals surface area contributed by atoms with Gasteiger partial charge < -0.3 is 10.4 Å². The van der Waals surface area contributed by atoms with Crippen LogP contribution in [0, 0.1) is 10.7 Å². The molecule has 0 atom stereocenters. The zero-order chi connectivity index (χ0) is 13.5. The number of carbonyl (C=O) groups is 1. The first kappa shape index (κ1) is 16.9. The van der Waals surface area contributed by atoms with Gasteiger partial charge in [-0.05, 0) is 99.2 Å². The summed E-state index contributed by atoms with van der Waals surface area (Å²) >= 11 is 6.67. The molecule has 0 saturated heterocycles. The molecular weight excluding hydrogens is 571 g/mol. The van der Waals surface area contributed by atoms with Crippen molar-refractivity contribution in [2.75, 3.05) is 13.2 Å². The second-order valence-corrected chi connectivity index (χ2v) is 7.28. The van der Waals surface area contributed by atoms with E-state index in [-0.39, 0.29) is 12.5 Å². The molecule has 0 fully saturated rings. The van der Waals surface area contributed by atoms with Gasteiger partial charge in [0.2, 0.25) is 0 Å². The molecular formula is C12H14I3NO2. The average molecular weight is 585 g/mol. The second kappa shape index (κ2) is 8.90. The lowest BCUT2D eigenvalue weighted by molar-refractivity contribution is 0.0952. The van der Waals surface area contributed by atoms with Crippen molar-refractivity contribution in [1.82, 2.24) is 5.32 Å². The first-order valence-electron chi connectivity index (χ1n) is 5.60. The molecule has 1 amide bonds. The molecule has 1 aromatic carbocycles. The molecule has 0 aliphatic carbocycles. The highest BCUT2D eigenvalue weighted by molar-refractivity contribution is 14.1. The molecule has 18 heavy (non-hydrogen) atoms. The number of nitrogens with one attached hydrogen (secondary N) is 1. The summed E-state index contributed by atoms with van der Waals surface area (Å²) in [6.45, 7) is 0.887. The van der Waals surface area contributed by atoms with E-state index in [0.29, 0.717) is 6.54 Å². The van der Waals surface area contributed by atoms with Crippen molar-refractivity contribution >= 4 is 73.7 Å². The van der Waals surface area contributed by atoms with Crippen LogP contribution in [-0.4, -0.2) is 24.2 Å². The summed E-state index contributed by atoms with van der Waals surface area (Å²) in [5.41, 5.74) is 0.744. The third kappa shape index (κ3) is 5.45. The Hall–Kier alpha value is 0.840. The summed E-state index contributed by atoms with van der Waals surface area (Å²) in [6, 6.07) is 3.97. The number of aliphatic hydroxyl groups excluding tert-OH is 1. The maximum atomic E-state index is 12.0. The van der Waals surface area contributed by atoms with E-state index in [1.54, 1.807) is 0 Å². The molecule has 0 aliphatic heterocycles. The number of halogens is 3. The summed E-state index contributed by atoms with van der Waals surface area (Å²) in [6.07, 6.45) is 2.65. The molecule has 100 valence electrons. The van der Waals surface area contributed by atoms with Gasteiger partial charge in [-0.15, -0.1) is 0 Å². The minimum atomic E-state index is -0.0140. The lowest BCUT2D eigenvalue weighted by Crippen LogP contribution is -2.25. The standard InChI is InChI=1S/C12H14I3NO2/c13-8-6-9(11(15)10(14)7-8)12(18)16-4-2-1-3-5-17/h6-7,17H,1-5H2,(H,16,18). The molecule has 0 spiro atoms. The van der Waals surface area contributed by atoms with Crippen molar-refractivity contribution < 1.29 is 9.90 Å². The second-order valence-electron chi connectivity index (χ2n) is 3.79. The fraction of sp³-hybridized carbons (Fsp3) is 0.417. The number of hydrogen-bond acceptors (Lipinski definition) is 2. The number of amides is 1. The Morgan fingerprint density at radius 2 is 1.89 bits per heavy atom. The maximum Gasteiger partial charge on any atom is 0.252 e. The molecule has 0 saturated carbocycles. The van der Waals surface area contributed by atoms with Crippen molar-refractivity contribution in [1.29, 1.82) is 0 Å². The number of unbranched alkanes of at least 4 members (excludes halogenated alkanes) is 2. The Kier molecular flexibility index (Phi) is 8.35. The smallest absolute Gasteiger partial charge is 0.252 e. The highest BCUT2D eigenvalue weighted by Gasteiger charge is 2.12. The van der Waals surface area contributed by atoms with Gasteiger partial charge >= 0.3 is 0 Å². The summed E-state index contributed by atoms with van der Waals surface area (Å²) in [7, 11) is 0. The molecule has 3 nitrogen and oxygen atoms in total. The number of benzene rings is 1. The van der Waals surface area contributed by atoms with Crippen LogP contribution < -0.4 is 5.32 Å². The van der Waals surface area contributed by atoms with Gasteiger partial charge in [0, 0.05) is 23.9 Å². The normalized spacial score (nSPS) is 10.4. The first-order chi connectivity index (χ1) is 8.56. The van der Waals surface area contributed by atoms with E-state index in [4.69, 9.17) is 5.11 Å². The zero-order valence-electron chi connectivity index (χ0n) is 9.68. The van der Waals surface area contributed by atoms with Crippen LogP contribution >= 0.6 is 67.8 Å². The van der Waals surface area contributed by atoms with Gasteiger partial charge in [-0.3, -0.25) is 4.79 Å². The summed E-state index contributed by atoms with van der Waals surface area (Å²) < 4.78 is 3.18. The summed E-state index contributed by atoms with van der Waals surface area (Å²) in [5, 5.41) is 11.6. The van der Waals surface area contributed by atoms with Crippen molar-refractivity contribution in [3.8, 4) is 0 Å². The topological polar surface area (TPSA) is 49.3 Å². The Labute approximate surface area is 148 Å². The number of aliphatic hydroxyl groups is 1. The highest BCUT2D eigenvalue weighted by Crippen LogP contribution is 2.22. The number of hydrogen-bond donors (Lipinski definition) is 2. The quantitative estimate of drug-likeness (QED) is 0.306. The van der Waals surface area contributed by atoms with Crippen LogP contribution in [-0.2, 0) is 0 Å². The first-order valence-corrected chi connectivity index (χ1v) is 8.83. The van der Waals surface area contributed by atoms with Gasteiger partial charge in [-0.25, -0.2) is 0 Å². The van der Waals surface area contributed by atoms with Gasteiger partial charge in [0.25, 0.3) is 5.91 Å². The molecule has 0 radical (unpaired) electrons. The van der Waals surface area contributed by atoms with Gasteiger partial charge in [-0.1, -0.05) is 0 Å². The minimum absolute atomic E-state index is 0.0140. The Bertz CT molecular complexity index is 424. The largest absolute Gasteiger partial charge is 0.396 e.